The zero-order valence-corrected chi connectivity index (χ0v) is 17.2. The number of hydrogen-bond acceptors (Lipinski definition) is 4. The van der Waals surface area contributed by atoms with Gasteiger partial charge in [0.15, 0.2) is 0 Å². The van der Waals surface area contributed by atoms with Gasteiger partial charge >= 0.3 is 0 Å². The normalized spacial score (nSPS) is 26.0. The molecule has 0 radical (unpaired) electrons. The summed E-state index contributed by atoms with van der Waals surface area (Å²) in [6, 6.07) is 8.24. The van der Waals surface area contributed by atoms with Gasteiger partial charge in [0.2, 0.25) is 5.91 Å². The Morgan fingerprint density at radius 1 is 0.964 bits per heavy atom. The standard InChI is InChI=1S/C23H35N3O2/c1-24-11-9-21(10-12-24)25-14-7-20(8-15-25)23(28)26-13-6-19(17-26)16-18-2-4-22(27)5-3-18/h2-5,19-21,27H,6-17H2,1H3. The van der Waals surface area contributed by atoms with E-state index in [0.717, 1.165) is 57.9 Å². The Labute approximate surface area is 169 Å². The van der Waals surface area contributed by atoms with Crippen LogP contribution in [0.3, 0.4) is 0 Å². The summed E-state index contributed by atoms with van der Waals surface area (Å²) in [6.45, 7) is 6.41. The number of amides is 1. The zero-order chi connectivity index (χ0) is 19.5. The number of benzene rings is 1. The first-order valence-corrected chi connectivity index (χ1v) is 11.1. The van der Waals surface area contributed by atoms with E-state index in [4.69, 9.17) is 0 Å². The van der Waals surface area contributed by atoms with Crippen molar-refractivity contribution in [3.8, 4) is 5.75 Å². The maximum absolute atomic E-state index is 13.0. The highest BCUT2D eigenvalue weighted by atomic mass is 16.3. The molecule has 5 heteroatoms. The molecule has 3 aliphatic rings. The molecule has 28 heavy (non-hydrogen) atoms. The van der Waals surface area contributed by atoms with E-state index < -0.39 is 0 Å². The third kappa shape index (κ3) is 4.69. The van der Waals surface area contributed by atoms with Gasteiger partial charge in [0, 0.05) is 25.0 Å². The second-order valence-corrected chi connectivity index (χ2v) is 9.15. The molecule has 0 saturated carbocycles. The fourth-order valence-electron chi connectivity index (χ4n) is 5.29. The van der Waals surface area contributed by atoms with Gasteiger partial charge in [0.1, 0.15) is 5.75 Å². The van der Waals surface area contributed by atoms with Crippen LogP contribution in [0.5, 0.6) is 5.75 Å². The summed E-state index contributed by atoms with van der Waals surface area (Å²) < 4.78 is 0. The first kappa shape index (κ1) is 19.7. The monoisotopic (exact) mass is 385 g/mol. The Kier molecular flexibility index (Phi) is 6.22. The van der Waals surface area contributed by atoms with E-state index >= 15 is 0 Å². The lowest BCUT2D eigenvalue weighted by Crippen LogP contribution is -2.48. The summed E-state index contributed by atoms with van der Waals surface area (Å²) in [5.41, 5.74) is 1.25. The number of carbonyl (C=O) groups is 1. The Morgan fingerprint density at radius 2 is 1.64 bits per heavy atom. The third-order valence-corrected chi connectivity index (χ3v) is 7.14. The number of aromatic hydroxyl groups is 1. The lowest BCUT2D eigenvalue weighted by atomic mass is 9.92. The smallest absolute Gasteiger partial charge is 0.225 e. The summed E-state index contributed by atoms with van der Waals surface area (Å²) in [5.74, 6) is 1.50. The van der Waals surface area contributed by atoms with Crippen molar-refractivity contribution in [2.45, 2.75) is 44.6 Å². The van der Waals surface area contributed by atoms with Crippen LogP contribution in [0.2, 0.25) is 0 Å². The molecule has 4 rings (SSSR count). The molecule has 1 unspecified atom stereocenters. The highest BCUT2D eigenvalue weighted by Crippen LogP contribution is 2.28. The fraction of sp³-hybridized carbons (Fsp3) is 0.696. The average Bonchev–Trinajstić information content (AvgIpc) is 3.18. The number of piperidine rings is 2. The molecule has 154 valence electrons. The van der Waals surface area contributed by atoms with Crippen molar-refractivity contribution in [2.24, 2.45) is 11.8 Å². The molecule has 3 aliphatic heterocycles. The molecular formula is C23H35N3O2. The summed E-state index contributed by atoms with van der Waals surface area (Å²) in [7, 11) is 2.21. The molecule has 3 saturated heterocycles. The largest absolute Gasteiger partial charge is 0.508 e. The highest BCUT2D eigenvalue weighted by molar-refractivity contribution is 5.79. The van der Waals surface area contributed by atoms with Gasteiger partial charge in [-0.15, -0.1) is 0 Å². The second kappa shape index (κ2) is 8.83. The quantitative estimate of drug-likeness (QED) is 0.865. The molecule has 0 aliphatic carbocycles. The molecule has 0 bridgehead atoms. The molecule has 5 nitrogen and oxygen atoms in total. The minimum absolute atomic E-state index is 0.231. The minimum atomic E-state index is 0.231. The van der Waals surface area contributed by atoms with Crippen molar-refractivity contribution in [3.63, 3.8) is 0 Å². The van der Waals surface area contributed by atoms with Crippen molar-refractivity contribution < 1.29 is 9.90 Å². The van der Waals surface area contributed by atoms with Gasteiger partial charge in [-0.05, 0) is 95.4 Å². The van der Waals surface area contributed by atoms with Gasteiger partial charge in [-0.2, -0.15) is 0 Å². The van der Waals surface area contributed by atoms with Crippen molar-refractivity contribution >= 4 is 5.91 Å². The molecule has 1 aromatic carbocycles. The molecule has 3 heterocycles. The number of rotatable bonds is 4. The van der Waals surface area contributed by atoms with E-state index in [1.54, 1.807) is 12.1 Å². The Hall–Kier alpha value is -1.59. The minimum Gasteiger partial charge on any atom is -0.508 e. The number of carbonyl (C=O) groups excluding carboxylic acids is 1. The van der Waals surface area contributed by atoms with Gasteiger partial charge in [-0.25, -0.2) is 0 Å². The maximum Gasteiger partial charge on any atom is 0.225 e. The lowest BCUT2D eigenvalue weighted by Gasteiger charge is -2.41. The molecule has 1 aromatic rings. The summed E-state index contributed by atoms with van der Waals surface area (Å²) in [5, 5.41) is 9.43. The fourth-order valence-corrected chi connectivity index (χ4v) is 5.29. The van der Waals surface area contributed by atoms with Gasteiger partial charge < -0.3 is 19.8 Å². The molecular weight excluding hydrogens is 350 g/mol. The van der Waals surface area contributed by atoms with Gasteiger partial charge in [0.25, 0.3) is 0 Å². The number of phenols is 1. The molecule has 0 aromatic heterocycles. The van der Waals surface area contributed by atoms with E-state index in [9.17, 15) is 9.90 Å². The summed E-state index contributed by atoms with van der Waals surface area (Å²) >= 11 is 0. The molecule has 1 amide bonds. The highest BCUT2D eigenvalue weighted by Gasteiger charge is 2.34. The number of likely N-dealkylation sites (tertiary alicyclic amines) is 3. The number of nitrogens with zero attached hydrogens (tertiary/aromatic N) is 3. The van der Waals surface area contributed by atoms with Crippen molar-refractivity contribution in [1.29, 1.82) is 0 Å². The molecule has 1 atom stereocenters. The van der Waals surface area contributed by atoms with E-state index in [0.29, 0.717) is 17.6 Å². The van der Waals surface area contributed by atoms with Crippen LogP contribution in [-0.4, -0.2) is 78.1 Å². The van der Waals surface area contributed by atoms with Crippen molar-refractivity contribution in [2.75, 3.05) is 46.3 Å². The number of hydrogen-bond donors (Lipinski definition) is 1. The van der Waals surface area contributed by atoms with Crippen LogP contribution < -0.4 is 0 Å². The first-order chi connectivity index (χ1) is 13.6. The van der Waals surface area contributed by atoms with E-state index in [2.05, 4.69) is 21.7 Å². The van der Waals surface area contributed by atoms with Crippen LogP contribution in [-0.2, 0) is 11.2 Å². The predicted molar refractivity (Wildman–Crippen MR) is 111 cm³/mol. The average molecular weight is 386 g/mol. The zero-order valence-electron chi connectivity index (χ0n) is 17.2. The van der Waals surface area contributed by atoms with Gasteiger partial charge in [-0.3, -0.25) is 4.79 Å². The van der Waals surface area contributed by atoms with E-state index in [-0.39, 0.29) is 5.92 Å². The number of phenolic OH excluding ortho intramolecular Hbond substituents is 1. The molecule has 1 N–H and O–H groups in total. The van der Waals surface area contributed by atoms with Crippen LogP contribution >= 0.6 is 0 Å². The van der Waals surface area contributed by atoms with Crippen molar-refractivity contribution in [3.05, 3.63) is 29.8 Å². The van der Waals surface area contributed by atoms with Crippen molar-refractivity contribution in [1.82, 2.24) is 14.7 Å². The first-order valence-electron chi connectivity index (χ1n) is 11.1. The topological polar surface area (TPSA) is 47.0 Å². The second-order valence-electron chi connectivity index (χ2n) is 9.15. The summed E-state index contributed by atoms with van der Waals surface area (Å²) in [6.07, 6.45) is 6.72. The van der Waals surface area contributed by atoms with E-state index in [1.807, 2.05) is 12.1 Å². The van der Waals surface area contributed by atoms with Crippen LogP contribution in [0.25, 0.3) is 0 Å². The van der Waals surface area contributed by atoms with Gasteiger partial charge in [-0.1, -0.05) is 12.1 Å². The molecule has 3 fully saturated rings. The van der Waals surface area contributed by atoms with E-state index in [1.165, 1.54) is 31.5 Å². The Bertz CT molecular complexity index is 646. The Balaban J connectivity index is 1.22. The Morgan fingerprint density at radius 3 is 2.32 bits per heavy atom. The molecule has 0 spiro atoms. The maximum atomic E-state index is 13.0. The SMILES string of the molecule is CN1CCC(N2CCC(C(=O)N3CCC(Cc4ccc(O)cc4)C3)CC2)CC1. The summed E-state index contributed by atoms with van der Waals surface area (Å²) in [4.78, 5) is 20.2. The van der Waals surface area contributed by atoms with Gasteiger partial charge in [0.05, 0.1) is 0 Å². The van der Waals surface area contributed by atoms with Crippen LogP contribution in [0.15, 0.2) is 24.3 Å². The van der Waals surface area contributed by atoms with Crippen LogP contribution in [0.1, 0.15) is 37.7 Å². The van der Waals surface area contributed by atoms with Crippen LogP contribution in [0.4, 0.5) is 0 Å². The van der Waals surface area contributed by atoms with Crippen LogP contribution in [0, 0.1) is 11.8 Å². The third-order valence-electron chi connectivity index (χ3n) is 7.14. The lowest BCUT2D eigenvalue weighted by molar-refractivity contribution is -0.136. The predicted octanol–water partition coefficient (Wildman–Crippen LogP) is 2.59.